The molecule has 0 aromatic carbocycles. The van der Waals surface area contributed by atoms with Crippen molar-refractivity contribution in [3.8, 4) is 0 Å². The van der Waals surface area contributed by atoms with Crippen molar-refractivity contribution in [2.45, 2.75) is 0 Å². The Morgan fingerprint density at radius 2 is 2.43 bits per heavy atom. The zero-order valence-electron chi connectivity index (χ0n) is 3.59. The minimum Gasteiger partial charge on any atom is -0.369 e. The Balaban J connectivity index is 3.06. The molecule has 1 rings (SSSR count). The summed E-state index contributed by atoms with van der Waals surface area (Å²) >= 11 is 0. The van der Waals surface area contributed by atoms with Crippen LogP contribution >= 0.6 is 0 Å². The second-order valence-electron chi connectivity index (χ2n) is 0.933. The summed E-state index contributed by atoms with van der Waals surface area (Å²) < 4.78 is 4.50. The van der Waals surface area contributed by atoms with Gasteiger partial charge in [0.2, 0.25) is 6.39 Å². The standard InChI is InChI=1S/C3H5N3O/c1-2-6-7-3-5-4-1/h1-4,6H. The third-order valence-corrected chi connectivity index (χ3v) is 0.474. The van der Waals surface area contributed by atoms with Gasteiger partial charge in [0.1, 0.15) is 0 Å². The lowest BCUT2D eigenvalue weighted by atomic mass is 11.0. The van der Waals surface area contributed by atoms with Gasteiger partial charge in [-0.1, -0.05) is 0 Å². The highest BCUT2D eigenvalue weighted by molar-refractivity contribution is 4.52. The highest BCUT2D eigenvalue weighted by Gasteiger charge is 1.56. The second-order valence-corrected chi connectivity index (χ2v) is 0.933. The number of aromatic amines is 2. The van der Waals surface area contributed by atoms with Crippen molar-refractivity contribution in [1.82, 2.24) is 15.4 Å². The first-order valence-corrected chi connectivity index (χ1v) is 1.83. The lowest BCUT2D eigenvalue weighted by molar-refractivity contribution is 0.392. The van der Waals surface area contributed by atoms with E-state index >= 15 is 0 Å². The quantitative estimate of drug-likeness (QED) is 0.496. The molecule has 2 N–H and O–H groups in total. The predicted octanol–water partition coefficient (Wildman–Crippen LogP) is 0.455. The van der Waals surface area contributed by atoms with E-state index < -0.39 is 0 Å². The molecule has 7 heavy (non-hydrogen) atoms. The van der Waals surface area contributed by atoms with Crippen molar-refractivity contribution < 1.29 is 4.52 Å². The molecule has 0 amide bonds. The molecule has 4 heteroatoms. The van der Waals surface area contributed by atoms with E-state index in [2.05, 4.69) is 19.9 Å². The van der Waals surface area contributed by atoms with Crippen LogP contribution in [-0.2, 0) is 0 Å². The molecule has 38 valence electrons. The minimum atomic E-state index is 1.26. The maximum absolute atomic E-state index is 4.50. The largest absolute Gasteiger partial charge is 0.369 e. The van der Waals surface area contributed by atoms with Gasteiger partial charge in [-0.25, -0.2) is 5.16 Å². The van der Waals surface area contributed by atoms with E-state index in [1.165, 1.54) is 6.39 Å². The van der Waals surface area contributed by atoms with Gasteiger partial charge in [-0.15, -0.1) is 5.10 Å². The van der Waals surface area contributed by atoms with Gasteiger partial charge in [-0.05, 0) is 0 Å². The van der Waals surface area contributed by atoms with Crippen LogP contribution in [0.3, 0.4) is 0 Å². The summed E-state index contributed by atoms with van der Waals surface area (Å²) in [6, 6.07) is 0. The van der Waals surface area contributed by atoms with E-state index in [0.29, 0.717) is 0 Å². The number of aromatic nitrogens is 3. The van der Waals surface area contributed by atoms with Crippen LogP contribution in [0.4, 0.5) is 0 Å². The molecule has 1 aromatic rings. The summed E-state index contributed by atoms with van der Waals surface area (Å²) in [5, 5.41) is 8.53. The molecule has 1 aromatic heterocycles. The Hall–Kier alpha value is -1.19. The van der Waals surface area contributed by atoms with Crippen molar-refractivity contribution in [2.24, 2.45) is 0 Å². The van der Waals surface area contributed by atoms with Crippen molar-refractivity contribution in [3.63, 3.8) is 0 Å². The molecule has 0 atom stereocenters. The Labute approximate surface area is 39.8 Å². The van der Waals surface area contributed by atoms with E-state index in [0.717, 1.165) is 0 Å². The van der Waals surface area contributed by atoms with Gasteiger partial charge in [0.15, 0.2) is 0 Å². The number of hydrogen-bond acceptors (Lipinski definition) is 2. The molecule has 0 radical (unpaired) electrons. The van der Waals surface area contributed by atoms with Crippen molar-refractivity contribution in [3.05, 3.63) is 18.8 Å². The first-order valence-electron chi connectivity index (χ1n) is 1.83. The van der Waals surface area contributed by atoms with Crippen LogP contribution in [0.1, 0.15) is 0 Å². The van der Waals surface area contributed by atoms with Gasteiger partial charge < -0.3 is 4.52 Å². The molecular formula is C3H5N3O. The van der Waals surface area contributed by atoms with Crippen LogP contribution in [0.15, 0.2) is 23.3 Å². The fourth-order valence-corrected chi connectivity index (χ4v) is 0.241. The monoisotopic (exact) mass is 99.0 g/mol. The number of rotatable bonds is 0. The normalized spacial score (nSPS) is 8.00. The van der Waals surface area contributed by atoms with E-state index in [1.807, 2.05) is 0 Å². The Kier molecular flexibility index (Phi) is 1.18. The van der Waals surface area contributed by atoms with Crippen LogP contribution in [0.5, 0.6) is 0 Å². The zero-order valence-corrected chi connectivity index (χ0v) is 3.59. The average molecular weight is 99.1 g/mol. The SMILES string of the molecule is c1c[nH]ocn[nH]1. The van der Waals surface area contributed by atoms with Gasteiger partial charge >= 0.3 is 0 Å². The average Bonchev–Trinajstić information content (AvgIpc) is 1.90. The van der Waals surface area contributed by atoms with Crippen LogP contribution < -0.4 is 0 Å². The summed E-state index contributed by atoms with van der Waals surface area (Å²) in [7, 11) is 0. The lowest BCUT2D eigenvalue weighted by Crippen LogP contribution is -1.62. The number of hydrogen-bond donors (Lipinski definition) is 2. The molecule has 0 aliphatic carbocycles. The first kappa shape index (κ1) is 3.98. The molecule has 0 unspecified atom stereocenters. The smallest absolute Gasteiger partial charge is 0.226 e. The van der Waals surface area contributed by atoms with Crippen molar-refractivity contribution in [2.75, 3.05) is 0 Å². The summed E-state index contributed by atoms with van der Waals surface area (Å²) in [6.45, 7) is 0. The molecule has 0 saturated carbocycles. The lowest BCUT2D eigenvalue weighted by Gasteiger charge is -1.62. The maximum Gasteiger partial charge on any atom is 0.226 e. The van der Waals surface area contributed by atoms with Crippen LogP contribution in [0, 0.1) is 0 Å². The van der Waals surface area contributed by atoms with E-state index in [-0.39, 0.29) is 0 Å². The summed E-state index contributed by atoms with van der Waals surface area (Å²) in [5.74, 6) is 0. The minimum absolute atomic E-state index is 1.26. The number of nitrogens with zero attached hydrogens (tertiary/aromatic N) is 1. The molecule has 0 fully saturated rings. The summed E-state index contributed by atoms with van der Waals surface area (Å²) in [4.78, 5) is 0. The van der Waals surface area contributed by atoms with E-state index in [9.17, 15) is 0 Å². The highest BCUT2D eigenvalue weighted by Crippen LogP contribution is 1.62. The van der Waals surface area contributed by atoms with Gasteiger partial charge in [0.05, 0.1) is 6.20 Å². The van der Waals surface area contributed by atoms with Crippen LogP contribution in [-0.4, -0.2) is 15.4 Å². The molecule has 0 saturated heterocycles. The molecule has 0 spiro atoms. The van der Waals surface area contributed by atoms with E-state index in [4.69, 9.17) is 0 Å². The Morgan fingerprint density at radius 1 is 1.43 bits per heavy atom. The Morgan fingerprint density at radius 3 is 3.43 bits per heavy atom. The van der Waals surface area contributed by atoms with Gasteiger partial charge in [-0.2, -0.15) is 0 Å². The summed E-state index contributed by atoms with van der Waals surface area (Å²) in [6.07, 6.45) is 4.47. The molecule has 0 aliphatic rings. The Bertz CT molecular complexity index is 98.2. The van der Waals surface area contributed by atoms with Gasteiger partial charge in [-0.3, -0.25) is 5.10 Å². The zero-order chi connectivity index (χ0) is 4.95. The van der Waals surface area contributed by atoms with E-state index in [1.54, 1.807) is 12.4 Å². The molecule has 1 heterocycles. The van der Waals surface area contributed by atoms with Gasteiger partial charge in [0, 0.05) is 6.20 Å². The first-order chi connectivity index (χ1) is 3.50. The highest BCUT2D eigenvalue weighted by atomic mass is 16.5. The van der Waals surface area contributed by atoms with Crippen LogP contribution in [0.25, 0.3) is 0 Å². The molecule has 4 nitrogen and oxygen atoms in total. The second kappa shape index (κ2) is 2.07. The fraction of sp³-hybridized carbons (Fsp3) is 0. The van der Waals surface area contributed by atoms with Gasteiger partial charge in [0.25, 0.3) is 0 Å². The third kappa shape index (κ3) is 1.13. The van der Waals surface area contributed by atoms with Crippen molar-refractivity contribution >= 4 is 0 Å². The van der Waals surface area contributed by atoms with Crippen molar-refractivity contribution in [1.29, 1.82) is 0 Å². The number of nitrogens with one attached hydrogen (secondary N) is 2. The topological polar surface area (TPSA) is 57.6 Å². The summed E-state index contributed by atoms with van der Waals surface area (Å²) in [5.41, 5.74) is 0. The molecular weight excluding hydrogens is 94.1 g/mol. The fourth-order valence-electron chi connectivity index (χ4n) is 0.241. The molecule has 0 aliphatic heterocycles. The maximum atomic E-state index is 4.50. The third-order valence-electron chi connectivity index (χ3n) is 0.474. The predicted molar refractivity (Wildman–Crippen MR) is 22.8 cm³/mol. The molecule has 0 bridgehead atoms. The van der Waals surface area contributed by atoms with Crippen LogP contribution in [0.2, 0.25) is 0 Å². The number of H-pyrrole nitrogens is 2.